The van der Waals surface area contributed by atoms with E-state index in [1.165, 1.54) is 51.6 Å². The van der Waals surface area contributed by atoms with E-state index in [1.807, 2.05) is 0 Å². The minimum absolute atomic E-state index is 0.398. The quantitative estimate of drug-likeness (QED) is 0.847. The summed E-state index contributed by atoms with van der Waals surface area (Å²) in [6.45, 7) is 12.3. The number of hydrogen-bond donors (Lipinski definition) is 1. The fraction of sp³-hybridized carbons (Fsp3) is 1.00. The maximum absolute atomic E-state index is 3.91. The van der Waals surface area contributed by atoms with E-state index in [9.17, 15) is 0 Å². The maximum atomic E-state index is 3.91. The number of piperazine rings is 1. The van der Waals surface area contributed by atoms with Crippen molar-refractivity contribution in [2.45, 2.75) is 83.8 Å². The summed E-state index contributed by atoms with van der Waals surface area (Å²) in [5.74, 6) is 2.79. The molecule has 1 heterocycles. The molecule has 2 nitrogen and oxygen atoms in total. The van der Waals surface area contributed by atoms with Crippen molar-refractivity contribution in [3.63, 3.8) is 0 Å². The lowest BCUT2D eigenvalue weighted by molar-refractivity contribution is 0.00669. The van der Waals surface area contributed by atoms with Gasteiger partial charge in [0.05, 0.1) is 0 Å². The highest BCUT2D eigenvalue weighted by atomic mass is 15.3. The third-order valence-corrected chi connectivity index (χ3v) is 6.29. The molecule has 20 heavy (non-hydrogen) atoms. The van der Waals surface area contributed by atoms with Gasteiger partial charge in [-0.1, -0.05) is 20.8 Å². The van der Waals surface area contributed by atoms with E-state index in [4.69, 9.17) is 0 Å². The second kappa shape index (κ2) is 5.61. The van der Waals surface area contributed by atoms with Crippen molar-refractivity contribution in [1.29, 1.82) is 0 Å². The first-order chi connectivity index (χ1) is 9.51. The van der Waals surface area contributed by atoms with Crippen LogP contribution in [0.5, 0.6) is 0 Å². The third kappa shape index (κ3) is 2.92. The second-order valence-electron chi connectivity index (χ2n) is 8.38. The summed E-state index contributed by atoms with van der Waals surface area (Å²) in [6.07, 6.45) is 8.51. The Morgan fingerprint density at radius 1 is 1.10 bits per heavy atom. The largest absolute Gasteiger partial charge is 0.308 e. The van der Waals surface area contributed by atoms with Gasteiger partial charge in [0.25, 0.3) is 0 Å². The van der Waals surface area contributed by atoms with Crippen LogP contribution in [-0.4, -0.2) is 35.6 Å². The van der Waals surface area contributed by atoms with Crippen LogP contribution >= 0.6 is 0 Å². The van der Waals surface area contributed by atoms with Gasteiger partial charge in [-0.2, -0.15) is 0 Å². The SMILES string of the molecule is CCC1CNC(C)(C2CC2)CN1C1CC(C)CC(C)C1. The molecule has 2 saturated carbocycles. The predicted octanol–water partition coefficient (Wildman–Crippen LogP) is 3.66. The Labute approximate surface area is 125 Å². The van der Waals surface area contributed by atoms with Crippen molar-refractivity contribution in [3.05, 3.63) is 0 Å². The molecule has 0 spiro atoms. The smallest absolute Gasteiger partial charge is 0.0309 e. The molecule has 0 aromatic heterocycles. The van der Waals surface area contributed by atoms with Crippen LogP contribution in [-0.2, 0) is 0 Å². The van der Waals surface area contributed by atoms with Gasteiger partial charge in [-0.25, -0.2) is 0 Å². The lowest BCUT2D eigenvalue weighted by Crippen LogP contribution is -2.66. The molecular weight excluding hydrogens is 244 g/mol. The fourth-order valence-electron chi connectivity index (χ4n) is 5.01. The predicted molar refractivity (Wildman–Crippen MR) is 85.9 cm³/mol. The molecule has 3 rings (SSSR count). The zero-order valence-electron chi connectivity index (χ0n) is 14.0. The second-order valence-corrected chi connectivity index (χ2v) is 8.38. The number of nitrogens with one attached hydrogen (secondary N) is 1. The van der Waals surface area contributed by atoms with E-state index < -0.39 is 0 Å². The van der Waals surface area contributed by atoms with Crippen LogP contribution in [0.1, 0.15) is 66.2 Å². The highest BCUT2D eigenvalue weighted by Gasteiger charge is 2.47. The van der Waals surface area contributed by atoms with E-state index >= 15 is 0 Å². The van der Waals surface area contributed by atoms with Crippen molar-refractivity contribution in [2.24, 2.45) is 17.8 Å². The van der Waals surface area contributed by atoms with Crippen LogP contribution in [0.4, 0.5) is 0 Å². The minimum atomic E-state index is 0.398. The van der Waals surface area contributed by atoms with Crippen LogP contribution in [0, 0.1) is 17.8 Å². The molecule has 0 radical (unpaired) electrons. The van der Waals surface area contributed by atoms with Gasteiger partial charge in [-0.05, 0) is 63.2 Å². The van der Waals surface area contributed by atoms with E-state index in [2.05, 4.69) is 37.9 Å². The van der Waals surface area contributed by atoms with Gasteiger partial charge in [0, 0.05) is 30.7 Å². The monoisotopic (exact) mass is 278 g/mol. The fourth-order valence-corrected chi connectivity index (χ4v) is 5.01. The average molecular weight is 278 g/mol. The molecule has 116 valence electrons. The molecule has 4 unspecified atom stereocenters. The standard InChI is InChI=1S/C18H34N2/c1-5-16-11-19-18(4,15-6-7-15)12-20(16)17-9-13(2)8-14(3)10-17/h13-17,19H,5-12H2,1-4H3. The van der Waals surface area contributed by atoms with Crippen molar-refractivity contribution >= 4 is 0 Å². The molecule has 2 aliphatic carbocycles. The summed E-state index contributed by atoms with van der Waals surface area (Å²) in [4.78, 5) is 2.92. The van der Waals surface area contributed by atoms with Crippen LogP contribution < -0.4 is 5.32 Å². The minimum Gasteiger partial charge on any atom is -0.308 e. The van der Waals surface area contributed by atoms with Crippen molar-refractivity contribution in [3.8, 4) is 0 Å². The molecule has 1 N–H and O–H groups in total. The first kappa shape index (κ1) is 14.8. The average Bonchev–Trinajstić information content (AvgIpc) is 3.22. The van der Waals surface area contributed by atoms with Gasteiger partial charge < -0.3 is 5.32 Å². The van der Waals surface area contributed by atoms with Gasteiger partial charge in [0.15, 0.2) is 0 Å². The van der Waals surface area contributed by atoms with Gasteiger partial charge in [-0.15, -0.1) is 0 Å². The first-order valence-corrected chi connectivity index (χ1v) is 9.02. The van der Waals surface area contributed by atoms with Crippen molar-refractivity contribution in [1.82, 2.24) is 10.2 Å². The Kier molecular flexibility index (Phi) is 4.16. The Morgan fingerprint density at radius 2 is 1.75 bits per heavy atom. The maximum Gasteiger partial charge on any atom is 0.0309 e. The highest BCUT2D eigenvalue weighted by molar-refractivity contribution is 5.05. The van der Waals surface area contributed by atoms with Crippen molar-refractivity contribution in [2.75, 3.05) is 13.1 Å². The van der Waals surface area contributed by atoms with Gasteiger partial charge in [0.1, 0.15) is 0 Å². The van der Waals surface area contributed by atoms with Crippen molar-refractivity contribution < 1.29 is 0 Å². The Balaban J connectivity index is 1.73. The lowest BCUT2D eigenvalue weighted by Gasteiger charge is -2.51. The third-order valence-electron chi connectivity index (χ3n) is 6.29. The lowest BCUT2D eigenvalue weighted by atomic mass is 9.78. The van der Waals surface area contributed by atoms with E-state index in [0.29, 0.717) is 5.54 Å². The molecule has 3 aliphatic rings. The molecule has 1 aliphatic heterocycles. The zero-order chi connectivity index (χ0) is 14.3. The van der Waals surface area contributed by atoms with Crippen LogP contribution in [0.2, 0.25) is 0 Å². The number of hydrogen-bond acceptors (Lipinski definition) is 2. The molecule has 1 saturated heterocycles. The first-order valence-electron chi connectivity index (χ1n) is 9.02. The number of rotatable bonds is 3. The summed E-state index contributed by atoms with van der Waals surface area (Å²) in [5.41, 5.74) is 0.398. The van der Waals surface area contributed by atoms with E-state index in [-0.39, 0.29) is 0 Å². The molecule has 0 aromatic rings. The summed E-state index contributed by atoms with van der Waals surface area (Å²) in [5, 5.41) is 3.91. The summed E-state index contributed by atoms with van der Waals surface area (Å²) in [6, 6.07) is 1.61. The van der Waals surface area contributed by atoms with Crippen LogP contribution in [0.15, 0.2) is 0 Å². The zero-order valence-corrected chi connectivity index (χ0v) is 14.0. The summed E-state index contributed by atoms with van der Waals surface area (Å²) >= 11 is 0. The molecule has 2 heteroatoms. The molecule has 4 atom stereocenters. The number of nitrogens with zero attached hydrogens (tertiary/aromatic N) is 1. The Morgan fingerprint density at radius 3 is 2.30 bits per heavy atom. The van der Waals surface area contributed by atoms with E-state index in [0.717, 1.165) is 29.8 Å². The normalized spacial score (nSPS) is 47.4. The topological polar surface area (TPSA) is 15.3 Å². The van der Waals surface area contributed by atoms with E-state index in [1.54, 1.807) is 0 Å². The molecular formula is C18H34N2. The van der Waals surface area contributed by atoms with Crippen LogP contribution in [0.3, 0.4) is 0 Å². The summed E-state index contributed by atoms with van der Waals surface area (Å²) in [7, 11) is 0. The molecule has 0 aromatic carbocycles. The summed E-state index contributed by atoms with van der Waals surface area (Å²) < 4.78 is 0. The highest BCUT2D eigenvalue weighted by Crippen LogP contribution is 2.43. The molecule has 0 bridgehead atoms. The van der Waals surface area contributed by atoms with Gasteiger partial charge in [-0.3, -0.25) is 4.90 Å². The molecule has 0 amide bonds. The van der Waals surface area contributed by atoms with Gasteiger partial charge in [0.2, 0.25) is 0 Å². The Bertz CT molecular complexity index is 328. The van der Waals surface area contributed by atoms with Gasteiger partial charge >= 0.3 is 0 Å². The van der Waals surface area contributed by atoms with Crippen LogP contribution in [0.25, 0.3) is 0 Å². The molecule has 3 fully saturated rings. The Hall–Kier alpha value is -0.0800.